The minimum absolute atomic E-state index is 0.00926. The normalized spacial score (nSPS) is 21.6. The van der Waals surface area contributed by atoms with Crippen molar-refractivity contribution in [2.24, 2.45) is 0 Å². The van der Waals surface area contributed by atoms with Gasteiger partial charge in [-0.15, -0.1) is 0 Å². The monoisotopic (exact) mass is 380 g/mol. The summed E-state index contributed by atoms with van der Waals surface area (Å²) in [5.41, 5.74) is 0.921. The number of hydroxylamine groups is 1. The Morgan fingerprint density at radius 3 is 2.41 bits per heavy atom. The molecular formula is C16H15F3N6O2. The highest BCUT2D eigenvalue weighted by molar-refractivity contribution is 5.92. The first-order valence-electron chi connectivity index (χ1n) is 8.20. The van der Waals surface area contributed by atoms with E-state index in [-0.39, 0.29) is 17.6 Å². The van der Waals surface area contributed by atoms with Gasteiger partial charge in [0.2, 0.25) is 5.95 Å². The van der Waals surface area contributed by atoms with Crippen molar-refractivity contribution in [1.29, 1.82) is 0 Å². The molecule has 11 heteroatoms. The number of fused-ring (bicyclic) bond motifs is 2. The van der Waals surface area contributed by atoms with Crippen molar-refractivity contribution in [3.05, 3.63) is 41.9 Å². The van der Waals surface area contributed by atoms with Crippen molar-refractivity contribution in [3.63, 3.8) is 0 Å². The summed E-state index contributed by atoms with van der Waals surface area (Å²) in [7, 11) is 0. The van der Waals surface area contributed by atoms with Crippen LogP contribution in [0.4, 0.5) is 24.9 Å². The third-order valence-corrected chi connectivity index (χ3v) is 4.87. The molecule has 2 fully saturated rings. The van der Waals surface area contributed by atoms with E-state index in [0.717, 1.165) is 18.6 Å². The lowest BCUT2D eigenvalue weighted by molar-refractivity contribution is -0.137. The molecule has 0 radical (unpaired) electrons. The van der Waals surface area contributed by atoms with Crippen molar-refractivity contribution < 1.29 is 23.2 Å². The fourth-order valence-corrected chi connectivity index (χ4v) is 3.60. The number of pyridine rings is 1. The van der Waals surface area contributed by atoms with E-state index in [0.29, 0.717) is 24.9 Å². The first kappa shape index (κ1) is 17.5. The smallest absolute Gasteiger partial charge is 0.350 e. The van der Waals surface area contributed by atoms with E-state index >= 15 is 0 Å². The predicted molar refractivity (Wildman–Crippen MR) is 87.4 cm³/mol. The number of amides is 1. The van der Waals surface area contributed by atoms with Crippen LogP contribution in [-0.4, -0.2) is 51.2 Å². The van der Waals surface area contributed by atoms with Crippen molar-refractivity contribution in [2.45, 2.75) is 24.7 Å². The average molecular weight is 380 g/mol. The van der Waals surface area contributed by atoms with Gasteiger partial charge in [0.05, 0.1) is 23.2 Å². The fraction of sp³-hybridized carbons (Fsp3) is 0.375. The van der Waals surface area contributed by atoms with Crippen molar-refractivity contribution in [3.8, 4) is 0 Å². The topological polar surface area (TPSA) is 94.5 Å². The molecule has 27 heavy (non-hydrogen) atoms. The molecule has 4 rings (SSSR count). The standard InChI is InChI=1S/C16H15F3N6O2/c17-16(18,19)10-1-2-20-13(3-10)24-7-12-4-11(24)8-25(12)15-21-5-9(6-22-15)14(26)23-27/h1-3,5-6,11-12,27H,4,7-8H2,(H,23,26)/t11-,12-/m1/s1. The highest BCUT2D eigenvalue weighted by Crippen LogP contribution is 2.37. The number of anilines is 2. The Balaban J connectivity index is 1.49. The highest BCUT2D eigenvalue weighted by Gasteiger charge is 2.45. The van der Waals surface area contributed by atoms with Crippen molar-refractivity contribution in [1.82, 2.24) is 20.4 Å². The maximum absolute atomic E-state index is 12.9. The number of alkyl halides is 3. The Labute approximate surface area is 151 Å². The summed E-state index contributed by atoms with van der Waals surface area (Å²) in [4.78, 5) is 27.6. The van der Waals surface area contributed by atoms with Gasteiger partial charge in [0.1, 0.15) is 5.82 Å². The second-order valence-corrected chi connectivity index (χ2v) is 6.46. The molecule has 8 nitrogen and oxygen atoms in total. The lowest BCUT2D eigenvalue weighted by atomic mass is 10.2. The Morgan fingerprint density at radius 1 is 1.15 bits per heavy atom. The van der Waals surface area contributed by atoms with Gasteiger partial charge in [0, 0.05) is 31.7 Å². The van der Waals surface area contributed by atoms with Gasteiger partial charge < -0.3 is 9.80 Å². The van der Waals surface area contributed by atoms with E-state index in [1.807, 2.05) is 9.80 Å². The molecule has 2 N–H and O–H groups in total. The number of nitrogens with one attached hydrogen (secondary N) is 1. The van der Waals surface area contributed by atoms with Crippen LogP contribution in [0.2, 0.25) is 0 Å². The van der Waals surface area contributed by atoms with Gasteiger partial charge >= 0.3 is 6.18 Å². The zero-order chi connectivity index (χ0) is 19.2. The fourth-order valence-electron chi connectivity index (χ4n) is 3.60. The Bertz CT molecular complexity index is 860. The summed E-state index contributed by atoms with van der Waals surface area (Å²) in [5.74, 6) is 0.0489. The minimum atomic E-state index is -4.40. The molecule has 2 aromatic rings. The number of hydrogen-bond donors (Lipinski definition) is 2. The Morgan fingerprint density at radius 2 is 1.81 bits per heavy atom. The van der Waals surface area contributed by atoms with E-state index in [4.69, 9.17) is 5.21 Å². The van der Waals surface area contributed by atoms with E-state index in [1.165, 1.54) is 24.1 Å². The first-order chi connectivity index (χ1) is 12.9. The molecule has 2 aliphatic heterocycles. The number of nitrogens with zero attached hydrogens (tertiary/aromatic N) is 5. The highest BCUT2D eigenvalue weighted by atomic mass is 19.4. The third-order valence-electron chi connectivity index (χ3n) is 4.87. The maximum Gasteiger partial charge on any atom is 0.416 e. The number of piperazine rings is 1. The lowest BCUT2D eigenvalue weighted by Gasteiger charge is -2.35. The van der Waals surface area contributed by atoms with Crippen LogP contribution in [0.5, 0.6) is 0 Å². The molecule has 4 heterocycles. The molecule has 0 aliphatic carbocycles. The Kier molecular flexibility index (Phi) is 4.10. The molecule has 0 saturated carbocycles. The zero-order valence-electron chi connectivity index (χ0n) is 13.9. The van der Waals surface area contributed by atoms with Crippen LogP contribution in [0.15, 0.2) is 30.7 Å². The van der Waals surface area contributed by atoms with Crippen molar-refractivity contribution >= 4 is 17.7 Å². The summed E-state index contributed by atoms with van der Waals surface area (Å²) in [5, 5.41) is 8.61. The number of carbonyl (C=O) groups is 1. The van der Waals surface area contributed by atoms with Gasteiger partial charge in [0.15, 0.2) is 0 Å². The number of hydrogen-bond acceptors (Lipinski definition) is 7. The molecule has 142 valence electrons. The molecule has 0 aromatic carbocycles. The quantitative estimate of drug-likeness (QED) is 0.615. The molecule has 2 aromatic heterocycles. The molecule has 2 bridgehead atoms. The summed E-state index contributed by atoms with van der Waals surface area (Å²) in [6.45, 7) is 1.06. The molecule has 0 unspecified atom stereocenters. The third kappa shape index (κ3) is 3.14. The molecule has 2 saturated heterocycles. The van der Waals surface area contributed by atoms with Gasteiger partial charge in [-0.3, -0.25) is 10.0 Å². The number of carbonyl (C=O) groups excluding carboxylic acids is 1. The van der Waals surface area contributed by atoms with Crippen LogP contribution < -0.4 is 15.3 Å². The van der Waals surface area contributed by atoms with Crippen LogP contribution in [0, 0.1) is 0 Å². The second-order valence-electron chi connectivity index (χ2n) is 6.46. The number of aromatic nitrogens is 3. The van der Waals surface area contributed by atoms with Crippen LogP contribution in [0.3, 0.4) is 0 Å². The van der Waals surface area contributed by atoms with Crippen LogP contribution >= 0.6 is 0 Å². The summed E-state index contributed by atoms with van der Waals surface area (Å²) in [6, 6.07) is 2.09. The summed E-state index contributed by atoms with van der Waals surface area (Å²) >= 11 is 0. The summed E-state index contributed by atoms with van der Waals surface area (Å²) in [6.07, 6.45) is 0.160. The largest absolute Gasteiger partial charge is 0.416 e. The van der Waals surface area contributed by atoms with Gasteiger partial charge in [-0.05, 0) is 18.6 Å². The number of halogens is 3. The lowest BCUT2D eigenvalue weighted by Crippen LogP contribution is -2.47. The molecule has 0 spiro atoms. The minimum Gasteiger partial charge on any atom is -0.350 e. The number of rotatable bonds is 3. The molecule has 1 amide bonds. The molecule has 2 atom stereocenters. The van der Waals surface area contributed by atoms with Gasteiger partial charge in [-0.25, -0.2) is 20.4 Å². The molecular weight excluding hydrogens is 365 g/mol. The van der Waals surface area contributed by atoms with Crippen LogP contribution in [0.1, 0.15) is 22.3 Å². The van der Waals surface area contributed by atoms with E-state index in [1.54, 1.807) is 0 Å². The first-order valence-corrected chi connectivity index (χ1v) is 8.20. The van der Waals surface area contributed by atoms with Gasteiger partial charge in [-0.1, -0.05) is 0 Å². The SMILES string of the molecule is O=C(NO)c1cnc(N2C[C@H]3C[C@@H]2CN3c2cc(C(F)(F)F)ccn2)nc1. The van der Waals surface area contributed by atoms with Gasteiger partial charge in [-0.2, -0.15) is 13.2 Å². The predicted octanol–water partition coefficient (Wildman–Crippen LogP) is 1.48. The van der Waals surface area contributed by atoms with Gasteiger partial charge in [0.25, 0.3) is 5.91 Å². The molecule has 2 aliphatic rings. The van der Waals surface area contributed by atoms with Crippen molar-refractivity contribution in [2.75, 3.05) is 22.9 Å². The average Bonchev–Trinajstić information content (AvgIpc) is 3.28. The second kappa shape index (κ2) is 6.34. The summed E-state index contributed by atoms with van der Waals surface area (Å²) < 4.78 is 38.8. The van der Waals surface area contributed by atoms with E-state index in [9.17, 15) is 18.0 Å². The maximum atomic E-state index is 12.9. The van der Waals surface area contributed by atoms with E-state index in [2.05, 4.69) is 15.0 Å². The van der Waals surface area contributed by atoms with Crippen LogP contribution in [0.25, 0.3) is 0 Å². The Hall–Kier alpha value is -2.95. The van der Waals surface area contributed by atoms with E-state index < -0.39 is 17.6 Å². The van der Waals surface area contributed by atoms with Crippen LogP contribution in [-0.2, 0) is 6.18 Å². The zero-order valence-corrected chi connectivity index (χ0v) is 13.9.